The minimum atomic E-state index is -0.170. The van der Waals surface area contributed by atoms with Crippen molar-refractivity contribution in [1.82, 2.24) is 9.55 Å². The molecule has 96 valence electrons. The molecule has 0 bridgehead atoms. The summed E-state index contributed by atoms with van der Waals surface area (Å²) in [5, 5.41) is 5.36. The van der Waals surface area contributed by atoms with E-state index in [1.54, 1.807) is 18.0 Å². The van der Waals surface area contributed by atoms with Gasteiger partial charge in [-0.15, -0.1) is 11.3 Å². The van der Waals surface area contributed by atoms with Gasteiger partial charge in [-0.1, -0.05) is 0 Å². The molecule has 2 aromatic heterocycles. The van der Waals surface area contributed by atoms with Crippen LogP contribution in [-0.4, -0.2) is 27.5 Å². The fourth-order valence-electron chi connectivity index (χ4n) is 1.67. The second-order valence-electron chi connectivity index (χ2n) is 3.75. The van der Waals surface area contributed by atoms with Crippen LogP contribution in [0, 0.1) is 0 Å². The van der Waals surface area contributed by atoms with Gasteiger partial charge in [0.2, 0.25) is 5.91 Å². The number of carbonyl (C=O) groups is 1. The summed E-state index contributed by atoms with van der Waals surface area (Å²) in [7, 11) is 0. The Morgan fingerprint density at radius 3 is 2.94 bits per heavy atom. The first-order valence-electron chi connectivity index (χ1n) is 5.63. The van der Waals surface area contributed by atoms with E-state index in [4.69, 9.17) is 0 Å². The monoisotopic (exact) mass is 281 g/mol. The van der Waals surface area contributed by atoms with Crippen molar-refractivity contribution in [3.05, 3.63) is 36.1 Å². The molecule has 0 radical (unpaired) electrons. The van der Waals surface area contributed by atoms with Gasteiger partial charge in [-0.2, -0.15) is 11.8 Å². The van der Waals surface area contributed by atoms with Crippen LogP contribution in [-0.2, 0) is 4.79 Å². The van der Waals surface area contributed by atoms with E-state index in [0.29, 0.717) is 5.13 Å². The Kier molecular flexibility index (Phi) is 4.83. The predicted octanol–water partition coefficient (Wildman–Crippen LogP) is 2.88. The Morgan fingerprint density at radius 1 is 1.56 bits per heavy atom. The number of hydrogen-bond acceptors (Lipinski definition) is 4. The van der Waals surface area contributed by atoms with E-state index in [0.717, 1.165) is 12.2 Å². The first-order chi connectivity index (χ1) is 8.81. The molecular weight excluding hydrogens is 266 g/mol. The molecule has 0 spiro atoms. The van der Waals surface area contributed by atoms with Crippen LogP contribution in [0.15, 0.2) is 36.1 Å². The zero-order chi connectivity index (χ0) is 12.8. The molecule has 2 heterocycles. The number of amides is 1. The molecule has 0 unspecified atom stereocenters. The summed E-state index contributed by atoms with van der Waals surface area (Å²) in [5.41, 5.74) is 0. The normalized spacial score (nSPS) is 12.3. The lowest BCUT2D eigenvalue weighted by molar-refractivity contribution is -0.119. The van der Waals surface area contributed by atoms with Gasteiger partial charge in [0.25, 0.3) is 0 Å². The van der Waals surface area contributed by atoms with Crippen LogP contribution < -0.4 is 5.32 Å². The molecule has 0 aliphatic heterocycles. The summed E-state index contributed by atoms with van der Waals surface area (Å²) in [6.07, 6.45) is 8.39. The summed E-state index contributed by atoms with van der Waals surface area (Å²) in [4.78, 5) is 16.3. The number of nitrogens with one attached hydrogen (secondary N) is 1. The van der Waals surface area contributed by atoms with E-state index in [9.17, 15) is 4.79 Å². The number of aromatic nitrogens is 2. The van der Waals surface area contributed by atoms with Crippen LogP contribution in [0.4, 0.5) is 5.13 Å². The molecule has 1 amide bonds. The van der Waals surface area contributed by atoms with Crippen LogP contribution >= 0.6 is 23.1 Å². The third-order valence-corrected chi connectivity index (χ3v) is 3.88. The minimum absolute atomic E-state index is 0.00444. The summed E-state index contributed by atoms with van der Waals surface area (Å²) in [6, 6.07) is 3.70. The largest absolute Gasteiger partial charge is 0.342 e. The molecule has 0 saturated carbocycles. The second-order valence-corrected chi connectivity index (χ2v) is 5.63. The maximum absolute atomic E-state index is 12.2. The average molecular weight is 281 g/mol. The molecule has 2 rings (SSSR count). The smallest absolute Gasteiger partial charge is 0.249 e. The fourth-order valence-corrected chi connectivity index (χ4v) is 2.67. The quantitative estimate of drug-likeness (QED) is 0.885. The lowest BCUT2D eigenvalue weighted by atomic mass is 10.2. The molecule has 6 heteroatoms. The Hall–Kier alpha value is -1.27. The highest BCUT2D eigenvalue weighted by Crippen LogP contribution is 2.18. The fraction of sp³-hybridized carbons (Fsp3) is 0.333. The lowest BCUT2D eigenvalue weighted by Crippen LogP contribution is -2.25. The SMILES string of the molecule is CSCC[C@@H](C(=O)Nc1nccs1)n1cccc1. The average Bonchev–Trinajstić information content (AvgIpc) is 3.02. The molecule has 1 N–H and O–H groups in total. The van der Waals surface area contributed by atoms with E-state index in [-0.39, 0.29) is 11.9 Å². The summed E-state index contributed by atoms with van der Waals surface area (Å²) < 4.78 is 1.94. The second kappa shape index (κ2) is 6.61. The van der Waals surface area contributed by atoms with Crippen molar-refractivity contribution in [2.75, 3.05) is 17.3 Å². The van der Waals surface area contributed by atoms with Gasteiger partial charge in [-0.05, 0) is 30.6 Å². The van der Waals surface area contributed by atoms with Crippen molar-refractivity contribution in [2.24, 2.45) is 0 Å². The molecule has 0 fully saturated rings. The molecule has 0 aliphatic carbocycles. The first kappa shape index (κ1) is 13.2. The van der Waals surface area contributed by atoms with Crippen molar-refractivity contribution in [1.29, 1.82) is 0 Å². The van der Waals surface area contributed by atoms with Gasteiger partial charge >= 0.3 is 0 Å². The van der Waals surface area contributed by atoms with E-state index in [2.05, 4.69) is 10.3 Å². The van der Waals surface area contributed by atoms with Crippen LogP contribution in [0.1, 0.15) is 12.5 Å². The van der Waals surface area contributed by atoms with E-state index in [1.807, 2.05) is 40.7 Å². The van der Waals surface area contributed by atoms with Crippen LogP contribution in [0.5, 0.6) is 0 Å². The van der Waals surface area contributed by atoms with E-state index >= 15 is 0 Å². The molecule has 2 aromatic rings. The summed E-state index contributed by atoms with van der Waals surface area (Å²) >= 11 is 3.18. The van der Waals surface area contributed by atoms with E-state index < -0.39 is 0 Å². The zero-order valence-corrected chi connectivity index (χ0v) is 11.7. The number of anilines is 1. The highest BCUT2D eigenvalue weighted by molar-refractivity contribution is 7.98. The maximum atomic E-state index is 12.2. The van der Waals surface area contributed by atoms with E-state index in [1.165, 1.54) is 11.3 Å². The van der Waals surface area contributed by atoms with Crippen molar-refractivity contribution in [2.45, 2.75) is 12.5 Å². The van der Waals surface area contributed by atoms with Crippen LogP contribution in [0.2, 0.25) is 0 Å². The molecule has 4 nitrogen and oxygen atoms in total. The lowest BCUT2D eigenvalue weighted by Gasteiger charge is -2.17. The number of thiazole rings is 1. The number of nitrogens with zero attached hydrogens (tertiary/aromatic N) is 2. The molecular formula is C12H15N3OS2. The van der Waals surface area contributed by atoms with Crippen molar-refractivity contribution >= 4 is 34.1 Å². The number of hydrogen-bond donors (Lipinski definition) is 1. The van der Waals surface area contributed by atoms with Gasteiger partial charge in [-0.3, -0.25) is 4.79 Å². The van der Waals surface area contributed by atoms with Gasteiger partial charge in [-0.25, -0.2) is 4.98 Å². The standard InChI is InChI=1S/C12H15N3OS2/c1-17-8-4-10(15-6-2-3-7-15)11(16)14-12-13-5-9-18-12/h2-3,5-7,9-10H,4,8H2,1H3,(H,13,14,16)/t10-/m0/s1. The summed E-state index contributed by atoms with van der Waals surface area (Å²) in [6.45, 7) is 0. The van der Waals surface area contributed by atoms with Crippen molar-refractivity contribution in [3.8, 4) is 0 Å². The number of thioether (sulfide) groups is 1. The topological polar surface area (TPSA) is 46.9 Å². The zero-order valence-electron chi connectivity index (χ0n) is 10.1. The Morgan fingerprint density at radius 2 is 2.33 bits per heavy atom. The molecule has 0 saturated heterocycles. The Bertz CT molecular complexity index is 467. The van der Waals surface area contributed by atoms with Gasteiger partial charge in [0.15, 0.2) is 5.13 Å². The van der Waals surface area contributed by atoms with Crippen molar-refractivity contribution in [3.63, 3.8) is 0 Å². The van der Waals surface area contributed by atoms with Gasteiger partial charge in [0.05, 0.1) is 0 Å². The van der Waals surface area contributed by atoms with Crippen molar-refractivity contribution < 1.29 is 4.79 Å². The third-order valence-electron chi connectivity index (χ3n) is 2.55. The molecule has 1 atom stereocenters. The highest BCUT2D eigenvalue weighted by atomic mass is 32.2. The molecule has 18 heavy (non-hydrogen) atoms. The number of rotatable bonds is 6. The van der Waals surface area contributed by atoms with Gasteiger partial charge in [0, 0.05) is 24.0 Å². The Labute approximate surface area is 114 Å². The summed E-state index contributed by atoms with van der Waals surface area (Å²) in [5.74, 6) is 0.948. The highest BCUT2D eigenvalue weighted by Gasteiger charge is 2.19. The minimum Gasteiger partial charge on any atom is -0.342 e. The number of carbonyl (C=O) groups excluding carboxylic acids is 1. The third kappa shape index (κ3) is 3.36. The maximum Gasteiger partial charge on any atom is 0.249 e. The Balaban J connectivity index is 2.06. The van der Waals surface area contributed by atoms with Crippen LogP contribution in [0.3, 0.4) is 0 Å². The van der Waals surface area contributed by atoms with Crippen LogP contribution in [0.25, 0.3) is 0 Å². The first-order valence-corrected chi connectivity index (χ1v) is 7.90. The van der Waals surface area contributed by atoms with Gasteiger partial charge < -0.3 is 9.88 Å². The van der Waals surface area contributed by atoms with Gasteiger partial charge in [0.1, 0.15) is 6.04 Å². The predicted molar refractivity (Wildman–Crippen MR) is 77.2 cm³/mol. The molecule has 0 aliphatic rings. The molecule has 0 aromatic carbocycles.